The molecular formula is C29H45NO. The standard InChI is InChI=1S/C29H45NO/c1-2-3-12-20-29(31)21-16-10-8-6-4-5-7-9-13-17-26-22-24-28(25-23-26)30-27-18-14-11-15-19-27/h11,14-15,18-19,22-25,29-31H,2-10,12-13,16-17,20-21H2,1H3. The molecule has 0 aromatic heterocycles. The number of aryl methyl sites for hydroxylation is 1. The Labute approximate surface area is 191 Å². The molecule has 0 bridgehead atoms. The van der Waals surface area contributed by atoms with E-state index in [1.165, 1.54) is 89.0 Å². The third kappa shape index (κ3) is 12.6. The molecule has 2 heteroatoms. The van der Waals surface area contributed by atoms with Crippen molar-refractivity contribution in [1.29, 1.82) is 0 Å². The predicted molar refractivity (Wildman–Crippen MR) is 136 cm³/mol. The van der Waals surface area contributed by atoms with Crippen molar-refractivity contribution in [3.63, 3.8) is 0 Å². The maximum Gasteiger partial charge on any atom is 0.0540 e. The normalized spacial score (nSPS) is 12.1. The summed E-state index contributed by atoms with van der Waals surface area (Å²) in [4.78, 5) is 0. The van der Waals surface area contributed by atoms with Gasteiger partial charge in [-0.15, -0.1) is 0 Å². The number of aliphatic hydroxyl groups is 1. The summed E-state index contributed by atoms with van der Waals surface area (Å²) in [6.07, 6.45) is 18.8. The number of para-hydroxylation sites is 1. The number of aliphatic hydroxyl groups excluding tert-OH is 1. The first kappa shape index (κ1) is 25.5. The first-order valence-corrected chi connectivity index (χ1v) is 12.9. The van der Waals surface area contributed by atoms with E-state index in [-0.39, 0.29) is 6.10 Å². The zero-order chi connectivity index (χ0) is 22.0. The lowest BCUT2D eigenvalue weighted by Crippen LogP contribution is -2.05. The van der Waals surface area contributed by atoms with Crippen LogP contribution in [-0.4, -0.2) is 11.2 Å². The van der Waals surface area contributed by atoms with Crippen molar-refractivity contribution in [2.45, 2.75) is 109 Å². The van der Waals surface area contributed by atoms with E-state index in [0.717, 1.165) is 24.2 Å². The van der Waals surface area contributed by atoms with Gasteiger partial charge in [-0.05, 0) is 55.5 Å². The molecule has 0 amide bonds. The Hall–Kier alpha value is -1.80. The number of unbranched alkanes of at least 4 members (excludes halogenated alkanes) is 10. The first-order chi connectivity index (χ1) is 15.3. The second kappa shape index (κ2) is 16.8. The fourth-order valence-corrected chi connectivity index (χ4v) is 4.16. The van der Waals surface area contributed by atoms with Crippen LogP contribution in [0.1, 0.15) is 102 Å². The molecule has 1 unspecified atom stereocenters. The van der Waals surface area contributed by atoms with E-state index in [2.05, 4.69) is 60.8 Å². The number of hydrogen-bond acceptors (Lipinski definition) is 2. The van der Waals surface area contributed by atoms with Crippen molar-refractivity contribution in [3.8, 4) is 0 Å². The molecule has 2 rings (SSSR count). The second-order valence-electron chi connectivity index (χ2n) is 9.06. The zero-order valence-electron chi connectivity index (χ0n) is 19.8. The van der Waals surface area contributed by atoms with Gasteiger partial charge in [0.1, 0.15) is 0 Å². The van der Waals surface area contributed by atoms with Crippen molar-refractivity contribution in [3.05, 3.63) is 60.2 Å². The van der Waals surface area contributed by atoms with Gasteiger partial charge in [-0.25, -0.2) is 0 Å². The van der Waals surface area contributed by atoms with Gasteiger partial charge in [0.2, 0.25) is 0 Å². The molecule has 31 heavy (non-hydrogen) atoms. The molecule has 0 spiro atoms. The quantitative estimate of drug-likeness (QED) is 0.235. The highest BCUT2D eigenvalue weighted by Gasteiger charge is 2.03. The molecule has 0 aliphatic carbocycles. The Morgan fingerprint density at radius 3 is 1.74 bits per heavy atom. The van der Waals surface area contributed by atoms with Crippen molar-refractivity contribution < 1.29 is 5.11 Å². The summed E-state index contributed by atoms with van der Waals surface area (Å²) in [7, 11) is 0. The van der Waals surface area contributed by atoms with Gasteiger partial charge in [-0.1, -0.05) is 108 Å². The lowest BCUT2D eigenvalue weighted by atomic mass is 10.0. The molecule has 172 valence electrons. The van der Waals surface area contributed by atoms with Gasteiger partial charge in [0.25, 0.3) is 0 Å². The molecule has 0 radical (unpaired) electrons. The summed E-state index contributed by atoms with van der Waals surface area (Å²) < 4.78 is 0. The van der Waals surface area contributed by atoms with Crippen LogP contribution in [0.15, 0.2) is 54.6 Å². The van der Waals surface area contributed by atoms with E-state index < -0.39 is 0 Å². The maximum absolute atomic E-state index is 9.95. The summed E-state index contributed by atoms with van der Waals surface area (Å²) >= 11 is 0. The lowest BCUT2D eigenvalue weighted by molar-refractivity contribution is 0.147. The van der Waals surface area contributed by atoms with Crippen molar-refractivity contribution in [2.75, 3.05) is 5.32 Å². The van der Waals surface area contributed by atoms with E-state index in [0.29, 0.717) is 0 Å². The van der Waals surface area contributed by atoms with Gasteiger partial charge in [0.15, 0.2) is 0 Å². The van der Waals surface area contributed by atoms with Gasteiger partial charge in [0, 0.05) is 11.4 Å². The number of rotatable bonds is 18. The monoisotopic (exact) mass is 423 g/mol. The highest BCUT2D eigenvalue weighted by molar-refractivity contribution is 5.59. The van der Waals surface area contributed by atoms with Crippen LogP contribution in [0, 0.1) is 0 Å². The summed E-state index contributed by atoms with van der Waals surface area (Å²) in [5, 5.41) is 13.4. The lowest BCUT2D eigenvalue weighted by Gasteiger charge is -2.09. The number of anilines is 2. The molecule has 1 atom stereocenters. The largest absolute Gasteiger partial charge is 0.393 e. The van der Waals surface area contributed by atoms with Crippen molar-refractivity contribution in [2.24, 2.45) is 0 Å². The Morgan fingerprint density at radius 1 is 0.613 bits per heavy atom. The summed E-state index contributed by atoms with van der Waals surface area (Å²) in [6, 6.07) is 19.2. The third-order valence-corrected chi connectivity index (χ3v) is 6.16. The fraction of sp³-hybridized carbons (Fsp3) is 0.586. The van der Waals surface area contributed by atoms with E-state index in [1.54, 1.807) is 0 Å². The molecule has 2 N–H and O–H groups in total. The van der Waals surface area contributed by atoms with Crippen LogP contribution < -0.4 is 5.32 Å². The molecule has 0 aliphatic rings. The molecule has 0 saturated heterocycles. The minimum Gasteiger partial charge on any atom is -0.393 e. The smallest absolute Gasteiger partial charge is 0.0540 e. The fourth-order valence-electron chi connectivity index (χ4n) is 4.16. The minimum atomic E-state index is -0.0529. The molecule has 0 fully saturated rings. The molecule has 0 heterocycles. The molecule has 2 nitrogen and oxygen atoms in total. The highest BCUT2D eigenvalue weighted by Crippen LogP contribution is 2.18. The van der Waals surface area contributed by atoms with Crippen LogP contribution in [0.5, 0.6) is 0 Å². The zero-order valence-corrected chi connectivity index (χ0v) is 19.8. The van der Waals surface area contributed by atoms with Gasteiger partial charge >= 0.3 is 0 Å². The summed E-state index contributed by atoms with van der Waals surface area (Å²) in [5.74, 6) is 0. The highest BCUT2D eigenvalue weighted by atomic mass is 16.3. The van der Waals surface area contributed by atoms with Crippen LogP contribution in [0.2, 0.25) is 0 Å². The molecule has 2 aromatic carbocycles. The molecular weight excluding hydrogens is 378 g/mol. The number of hydrogen-bond donors (Lipinski definition) is 2. The van der Waals surface area contributed by atoms with E-state index in [1.807, 2.05) is 6.07 Å². The SMILES string of the molecule is CCCCCC(O)CCCCCCCCCCCc1ccc(Nc2ccccc2)cc1. The first-order valence-electron chi connectivity index (χ1n) is 12.9. The Bertz CT molecular complexity index is 652. The van der Waals surface area contributed by atoms with Gasteiger partial charge < -0.3 is 10.4 Å². The minimum absolute atomic E-state index is 0.0529. The van der Waals surface area contributed by atoms with Crippen LogP contribution in [0.4, 0.5) is 11.4 Å². The third-order valence-electron chi connectivity index (χ3n) is 6.16. The average Bonchev–Trinajstić information content (AvgIpc) is 2.79. The summed E-state index contributed by atoms with van der Waals surface area (Å²) in [6.45, 7) is 2.22. The van der Waals surface area contributed by atoms with Crippen LogP contribution in [0.3, 0.4) is 0 Å². The Kier molecular flexibility index (Phi) is 13.8. The Morgan fingerprint density at radius 2 is 1.13 bits per heavy atom. The predicted octanol–water partition coefficient (Wildman–Crippen LogP) is 8.81. The Balaban J connectivity index is 1.40. The molecule has 2 aromatic rings. The van der Waals surface area contributed by atoms with Gasteiger partial charge in [0.05, 0.1) is 6.10 Å². The van der Waals surface area contributed by atoms with Crippen LogP contribution >= 0.6 is 0 Å². The topological polar surface area (TPSA) is 32.3 Å². The van der Waals surface area contributed by atoms with Gasteiger partial charge in [-0.2, -0.15) is 0 Å². The number of benzene rings is 2. The molecule has 0 aliphatic heterocycles. The van der Waals surface area contributed by atoms with Crippen LogP contribution in [0.25, 0.3) is 0 Å². The average molecular weight is 424 g/mol. The van der Waals surface area contributed by atoms with Crippen molar-refractivity contribution >= 4 is 11.4 Å². The van der Waals surface area contributed by atoms with E-state index >= 15 is 0 Å². The molecule has 0 saturated carbocycles. The van der Waals surface area contributed by atoms with E-state index in [4.69, 9.17) is 0 Å². The van der Waals surface area contributed by atoms with Crippen LogP contribution in [-0.2, 0) is 6.42 Å². The van der Waals surface area contributed by atoms with Gasteiger partial charge in [-0.3, -0.25) is 0 Å². The summed E-state index contributed by atoms with van der Waals surface area (Å²) in [5.41, 5.74) is 3.73. The van der Waals surface area contributed by atoms with Crippen molar-refractivity contribution in [1.82, 2.24) is 0 Å². The second-order valence-corrected chi connectivity index (χ2v) is 9.06. The number of nitrogens with one attached hydrogen (secondary N) is 1. The van der Waals surface area contributed by atoms with E-state index in [9.17, 15) is 5.11 Å². The maximum atomic E-state index is 9.95.